The Hall–Kier alpha value is -3.03. The molecule has 2 heterocycles. The first-order valence-corrected chi connectivity index (χ1v) is 11.8. The zero-order chi connectivity index (χ0) is 24.5. The number of amides is 2. The molecule has 2 aromatic rings. The molecular weight excluding hydrogens is 441 g/mol. The van der Waals surface area contributed by atoms with Crippen molar-refractivity contribution in [3.63, 3.8) is 0 Å². The lowest BCUT2D eigenvalue weighted by Crippen LogP contribution is -2.53. The number of hydrogen-bond acceptors (Lipinski definition) is 2. The maximum Gasteiger partial charge on any atom is 0.416 e. The van der Waals surface area contributed by atoms with Crippen LogP contribution < -0.4 is 5.73 Å². The van der Waals surface area contributed by atoms with Crippen LogP contribution in [0.5, 0.6) is 0 Å². The highest BCUT2D eigenvalue weighted by atomic mass is 19.4. The van der Waals surface area contributed by atoms with E-state index in [-0.39, 0.29) is 30.1 Å². The molecule has 0 aromatic heterocycles. The van der Waals surface area contributed by atoms with Crippen LogP contribution in [0.2, 0.25) is 0 Å². The quantitative estimate of drug-likeness (QED) is 0.489. The molecule has 0 radical (unpaired) electrons. The van der Waals surface area contributed by atoms with E-state index in [2.05, 4.69) is 13.8 Å². The fraction of sp³-hybridized carbons (Fsp3) is 0.462. The van der Waals surface area contributed by atoms with E-state index in [1.165, 1.54) is 12.1 Å². The Balaban J connectivity index is 1.61. The topological polar surface area (TPSA) is 61.9 Å². The summed E-state index contributed by atoms with van der Waals surface area (Å²) >= 11 is 0. The summed E-state index contributed by atoms with van der Waals surface area (Å²) in [6.07, 6.45) is -1.85. The molecule has 2 aliphatic rings. The number of piperidine rings is 1. The maximum absolute atomic E-state index is 13.5. The van der Waals surface area contributed by atoms with Crippen LogP contribution in [0.15, 0.2) is 59.6 Å². The van der Waals surface area contributed by atoms with Crippen molar-refractivity contribution in [1.29, 1.82) is 0 Å². The van der Waals surface area contributed by atoms with E-state index >= 15 is 0 Å². The number of rotatable bonds is 3. The minimum Gasteiger partial charge on any atom is -0.383 e. The first-order chi connectivity index (χ1) is 16.1. The van der Waals surface area contributed by atoms with E-state index in [1.807, 2.05) is 35.2 Å². The second-order valence-electron chi connectivity index (χ2n) is 9.46. The largest absolute Gasteiger partial charge is 0.416 e. The molecule has 8 heteroatoms. The number of alkyl halides is 3. The van der Waals surface area contributed by atoms with E-state index < -0.39 is 11.7 Å². The van der Waals surface area contributed by atoms with Crippen molar-refractivity contribution >= 4 is 11.9 Å². The zero-order valence-corrected chi connectivity index (χ0v) is 19.5. The van der Waals surface area contributed by atoms with Crippen molar-refractivity contribution in [2.24, 2.45) is 10.7 Å². The van der Waals surface area contributed by atoms with Gasteiger partial charge in [0, 0.05) is 36.7 Å². The van der Waals surface area contributed by atoms with Gasteiger partial charge >= 0.3 is 12.2 Å². The van der Waals surface area contributed by atoms with Gasteiger partial charge in [-0.25, -0.2) is 4.79 Å². The maximum atomic E-state index is 13.5. The summed E-state index contributed by atoms with van der Waals surface area (Å²) in [6, 6.07) is 14.7. The van der Waals surface area contributed by atoms with Crippen LogP contribution in [0.3, 0.4) is 0 Å². The SMILES string of the molecule is CC1CCC(C)N1C(=O)N1CC(N=C(N)c2ccccc2)CC(c2ccc(C(F)(F)F)cc2)C1. The van der Waals surface area contributed by atoms with Crippen LogP contribution in [-0.2, 0) is 6.18 Å². The van der Waals surface area contributed by atoms with Crippen LogP contribution in [0, 0.1) is 0 Å². The smallest absolute Gasteiger partial charge is 0.383 e. The van der Waals surface area contributed by atoms with Crippen molar-refractivity contribution < 1.29 is 18.0 Å². The third kappa shape index (κ3) is 5.21. The highest BCUT2D eigenvalue weighted by Gasteiger charge is 2.38. The van der Waals surface area contributed by atoms with Crippen LogP contribution in [0.1, 0.15) is 55.7 Å². The van der Waals surface area contributed by atoms with Gasteiger partial charge in [0.15, 0.2) is 0 Å². The Morgan fingerprint density at radius 3 is 2.18 bits per heavy atom. The molecule has 4 atom stereocenters. The van der Waals surface area contributed by atoms with Gasteiger partial charge in [0.25, 0.3) is 0 Å². The molecule has 0 aliphatic carbocycles. The van der Waals surface area contributed by atoms with E-state index in [0.29, 0.717) is 25.3 Å². The zero-order valence-electron chi connectivity index (χ0n) is 19.5. The van der Waals surface area contributed by atoms with Gasteiger partial charge in [0.1, 0.15) is 5.84 Å². The average molecular weight is 473 g/mol. The van der Waals surface area contributed by atoms with E-state index in [0.717, 1.165) is 36.1 Å². The number of likely N-dealkylation sites (tertiary alicyclic amines) is 2. The molecule has 0 spiro atoms. The molecule has 4 unspecified atom stereocenters. The van der Waals surface area contributed by atoms with Gasteiger partial charge in [-0.05, 0) is 50.8 Å². The van der Waals surface area contributed by atoms with Crippen molar-refractivity contribution in [1.82, 2.24) is 9.80 Å². The average Bonchev–Trinajstić information content (AvgIpc) is 3.16. The van der Waals surface area contributed by atoms with Crippen LogP contribution in [0.4, 0.5) is 18.0 Å². The van der Waals surface area contributed by atoms with Gasteiger partial charge in [-0.2, -0.15) is 13.2 Å². The number of amidine groups is 1. The number of aliphatic imine (C=N–C) groups is 1. The third-order valence-corrected chi connectivity index (χ3v) is 6.97. The summed E-state index contributed by atoms with van der Waals surface area (Å²) in [5, 5.41) is 0. The Labute approximate surface area is 198 Å². The molecule has 2 aliphatic heterocycles. The molecule has 2 N–H and O–H groups in total. The Bertz CT molecular complexity index is 1010. The Morgan fingerprint density at radius 2 is 1.59 bits per heavy atom. The summed E-state index contributed by atoms with van der Waals surface area (Å²) in [5.74, 6) is 0.263. The summed E-state index contributed by atoms with van der Waals surface area (Å²) in [7, 11) is 0. The molecule has 0 bridgehead atoms. The van der Waals surface area contributed by atoms with Gasteiger partial charge in [-0.3, -0.25) is 4.99 Å². The molecule has 2 fully saturated rings. The highest BCUT2D eigenvalue weighted by molar-refractivity contribution is 5.97. The molecule has 4 rings (SSSR count). The minimum atomic E-state index is -4.38. The number of nitrogens with two attached hydrogens (primary N) is 1. The molecule has 5 nitrogen and oxygen atoms in total. The van der Waals surface area contributed by atoms with Crippen molar-refractivity contribution in [3.8, 4) is 0 Å². The molecule has 182 valence electrons. The monoisotopic (exact) mass is 472 g/mol. The van der Waals surface area contributed by atoms with Gasteiger partial charge in [0.05, 0.1) is 11.6 Å². The number of carbonyl (C=O) groups excluding carboxylic acids is 1. The predicted octanol–water partition coefficient (Wildman–Crippen LogP) is 5.26. The fourth-order valence-electron chi connectivity index (χ4n) is 5.12. The number of nitrogens with zero attached hydrogens (tertiary/aromatic N) is 3. The first-order valence-electron chi connectivity index (χ1n) is 11.8. The summed E-state index contributed by atoms with van der Waals surface area (Å²) in [5.41, 5.74) is 7.17. The lowest BCUT2D eigenvalue weighted by molar-refractivity contribution is -0.137. The molecule has 2 amide bonds. The number of halogens is 3. The van der Waals surface area contributed by atoms with Crippen molar-refractivity contribution in [2.45, 2.75) is 63.3 Å². The normalized spacial score (nSPS) is 26.1. The van der Waals surface area contributed by atoms with Crippen LogP contribution in [-0.4, -0.2) is 52.9 Å². The molecule has 0 saturated carbocycles. The van der Waals surface area contributed by atoms with Crippen LogP contribution >= 0.6 is 0 Å². The van der Waals surface area contributed by atoms with Crippen LogP contribution in [0.25, 0.3) is 0 Å². The summed E-state index contributed by atoms with van der Waals surface area (Å²) in [4.78, 5) is 22.0. The van der Waals surface area contributed by atoms with E-state index in [4.69, 9.17) is 10.7 Å². The van der Waals surface area contributed by atoms with Gasteiger partial charge in [-0.1, -0.05) is 42.5 Å². The second kappa shape index (κ2) is 9.68. The van der Waals surface area contributed by atoms with Gasteiger partial charge in [-0.15, -0.1) is 0 Å². The van der Waals surface area contributed by atoms with E-state index in [1.54, 1.807) is 4.90 Å². The summed E-state index contributed by atoms with van der Waals surface area (Å²) in [6.45, 7) is 4.99. The summed E-state index contributed by atoms with van der Waals surface area (Å²) < 4.78 is 39.2. The fourth-order valence-corrected chi connectivity index (χ4v) is 5.12. The van der Waals surface area contributed by atoms with Crippen molar-refractivity contribution in [3.05, 3.63) is 71.3 Å². The lowest BCUT2D eigenvalue weighted by Gasteiger charge is -2.40. The minimum absolute atomic E-state index is 0.0346. The molecule has 2 saturated heterocycles. The Kier molecular flexibility index (Phi) is 6.86. The predicted molar refractivity (Wildman–Crippen MR) is 127 cm³/mol. The lowest BCUT2D eigenvalue weighted by atomic mass is 9.87. The number of carbonyl (C=O) groups is 1. The first kappa shape index (κ1) is 24.1. The number of hydrogen-bond donors (Lipinski definition) is 1. The molecule has 2 aromatic carbocycles. The highest BCUT2D eigenvalue weighted by Crippen LogP contribution is 2.34. The second-order valence-corrected chi connectivity index (χ2v) is 9.46. The third-order valence-electron chi connectivity index (χ3n) is 6.97. The van der Waals surface area contributed by atoms with E-state index in [9.17, 15) is 18.0 Å². The van der Waals surface area contributed by atoms with Gasteiger partial charge in [0.2, 0.25) is 0 Å². The number of urea groups is 1. The standard InChI is InChI=1S/C26H31F3N4O/c1-17-8-9-18(2)33(17)25(34)32-15-21(19-10-12-22(13-11-19)26(27,28)29)14-23(16-32)31-24(30)20-6-4-3-5-7-20/h3-7,10-13,17-18,21,23H,8-9,14-16H2,1-2H3,(H2,30,31). The number of benzene rings is 2. The molecular formula is C26H31F3N4O. The molecule has 34 heavy (non-hydrogen) atoms. The Morgan fingerprint density at radius 1 is 0.971 bits per heavy atom. The van der Waals surface area contributed by atoms with Gasteiger partial charge < -0.3 is 15.5 Å². The van der Waals surface area contributed by atoms with Crippen molar-refractivity contribution in [2.75, 3.05) is 13.1 Å².